The summed E-state index contributed by atoms with van der Waals surface area (Å²) in [5.41, 5.74) is 3.67. The van der Waals surface area contributed by atoms with Gasteiger partial charge < -0.3 is 10.1 Å². The molecule has 6 nitrogen and oxygen atoms in total. The largest absolute Gasteiger partial charge is 0.494 e. The maximum absolute atomic E-state index is 13.1. The van der Waals surface area contributed by atoms with Crippen LogP contribution in [0.4, 0.5) is 5.69 Å². The van der Waals surface area contributed by atoms with Gasteiger partial charge in [-0.2, -0.15) is 5.10 Å². The van der Waals surface area contributed by atoms with Gasteiger partial charge in [0, 0.05) is 17.4 Å². The van der Waals surface area contributed by atoms with E-state index in [9.17, 15) is 4.79 Å². The van der Waals surface area contributed by atoms with Crippen molar-refractivity contribution in [2.24, 2.45) is 0 Å². The molecule has 0 radical (unpaired) electrons. The lowest BCUT2D eigenvalue weighted by Crippen LogP contribution is -2.18. The van der Waals surface area contributed by atoms with Gasteiger partial charge in [-0.15, -0.1) is 0 Å². The van der Waals surface area contributed by atoms with Crippen molar-refractivity contribution in [3.8, 4) is 17.0 Å². The van der Waals surface area contributed by atoms with Gasteiger partial charge in [0.05, 0.1) is 18.8 Å². The number of hydrogen-bond donors (Lipinski definition) is 1. The maximum Gasteiger partial charge on any atom is 0.273 e. The number of pyridine rings is 1. The second-order valence-electron chi connectivity index (χ2n) is 6.84. The predicted octanol–water partition coefficient (Wildman–Crippen LogP) is 5.30. The molecule has 0 aliphatic heterocycles. The lowest BCUT2D eigenvalue weighted by molar-refractivity contribution is 0.101. The monoisotopic (exact) mass is 432 g/mol. The van der Waals surface area contributed by atoms with Crippen LogP contribution in [0.25, 0.3) is 11.3 Å². The maximum atomic E-state index is 13.1. The van der Waals surface area contributed by atoms with Crippen molar-refractivity contribution in [3.63, 3.8) is 0 Å². The van der Waals surface area contributed by atoms with E-state index in [0.717, 1.165) is 22.6 Å². The lowest BCUT2D eigenvalue weighted by Gasteiger charge is -2.09. The Morgan fingerprint density at radius 1 is 1.06 bits per heavy atom. The lowest BCUT2D eigenvalue weighted by atomic mass is 10.1. The van der Waals surface area contributed by atoms with E-state index in [-0.39, 0.29) is 5.91 Å². The van der Waals surface area contributed by atoms with Crippen LogP contribution in [-0.2, 0) is 6.54 Å². The van der Waals surface area contributed by atoms with Crippen molar-refractivity contribution in [2.75, 3.05) is 11.9 Å². The molecule has 0 aliphatic carbocycles. The third kappa shape index (κ3) is 5.10. The Hall–Kier alpha value is -3.64. The van der Waals surface area contributed by atoms with E-state index in [1.807, 2.05) is 67.6 Å². The van der Waals surface area contributed by atoms with Gasteiger partial charge in [-0.05, 0) is 48.9 Å². The van der Waals surface area contributed by atoms with Gasteiger partial charge in [0.15, 0.2) is 0 Å². The Kier molecular flexibility index (Phi) is 6.29. The van der Waals surface area contributed by atoms with Crippen molar-refractivity contribution in [3.05, 3.63) is 95.4 Å². The van der Waals surface area contributed by atoms with Crippen LogP contribution in [0.5, 0.6) is 5.75 Å². The number of nitrogens with zero attached hydrogens (tertiary/aromatic N) is 3. The molecule has 0 saturated carbocycles. The molecule has 0 atom stereocenters. The number of carbonyl (C=O) groups is 1. The van der Waals surface area contributed by atoms with Crippen LogP contribution in [0.3, 0.4) is 0 Å². The van der Waals surface area contributed by atoms with Crippen molar-refractivity contribution < 1.29 is 9.53 Å². The molecule has 1 amide bonds. The summed E-state index contributed by atoms with van der Waals surface area (Å²) in [6.45, 7) is 2.91. The Bertz CT molecular complexity index is 1160. The Morgan fingerprint density at radius 3 is 2.52 bits per heavy atom. The third-order valence-corrected chi connectivity index (χ3v) is 4.85. The zero-order chi connectivity index (χ0) is 21.6. The van der Waals surface area contributed by atoms with Crippen molar-refractivity contribution in [2.45, 2.75) is 13.5 Å². The van der Waals surface area contributed by atoms with E-state index in [0.29, 0.717) is 29.7 Å². The summed E-state index contributed by atoms with van der Waals surface area (Å²) in [6, 6.07) is 22.4. The molecule has 1 N–H and O–H groups in total. The second kappa shape index (κ2) is 9.45. The average molecular weight is 433 g/mol. The molecule has 0 fully saturated rings. The van der Waals surface area contributed by atoms with Crippen LogP contribution in [0.1, 0.15) is 23.0 Å². The Labute approximate surface area is 185 Å². The van der Waals surface area contributed by atoms with Crippen LogP contribution in [0, 0.1) is 0 Å². The number of carbonyl (C=O) groups excluding carboxylic acids is 1. The molecule has 2 heterocycles. The summed E-state index contributed by atoms with van der Waals surface area (Å²) < 4.78 is 7.13. The fourth-order valence-electron chi connectivity index (χ4n) is 3.14. The zero-order valence-corrected chi connectivity index (χ0v) is 17.7. The Morgan fingerprint density at radius 2 is 1.84 bits per heavy atom. The highest BCUT2D eigenvalue weighted by molar-refractivity contribution is 6.29. The summed E-state index contributed by atoms with van der Waals surface area (Å²) >= 11 is 5.90. The Balaban J connectivity index is 1.62. The van der Waals surface area contributed by atoms with Gasteiger partial charge in [-0.1, -0.05) is 48.0 Å². The van der Waals surface area contributed by atoms with Crippen LogP contribution in [0.2, 0.25) is 5.15 Å². The number of hydrogen-bond acceptors (Lipinski definition) is 4. The first kappa shape index (κ1) is 20.6. The zero-order valence-electron chi connectivity index (χ0n) is 17.0. The number of aromatic nitrogens is 3. The number of halogens is 1. The highest BCUT2D eigenvalue weighted by Crippen LogP contribution is 2.22. The molecule has 31 heavy (non-hydrogen) atoms. The molecule has 4 aromatic rings. The highest BCUT2D eigenvalue weighted by Gasteiger charge is 2.17. The number of anilines is 1. The molecule has 2 aromatic heterocycles. The van der Waals surface area contributed by atoms with Gasteiger partial charge in [-0.25, -0.2) is 4.98 Å². The van der Waals surface area contributed by atoms with E-state index in [1.54, 1.807) is 23.0 Å². The minimum atomic E-state index is -0.249. The average Bonchev–Trinajstić information content (AvgIpc) is 3.21. The summed E-state index contributed by atoms with van der Waals surface area (Å²) in [4.78, 5) is 17.2. The fourth-order valence-corrected chi connectivity index (χ4v) is 3.25. The van der Waals surface area contributed by atoms with Gasteiger partial charge in [0.25, 0.3) is 5.91 Å². The summed E-state index contributed by atoms with van der Waals surface area (Å²) in [5.74, 6) is 0.507. The first-order valence-electron chi connectivity index (χ1n) is 9.90. The fraction of sp³-hybridized carbons (Fsp3) is 0.125. The second-order valence-corrected chi connectivity index (χ2v) is 7.23. The first-order chi connectivity index (χ1) is 15.1. The molecule has 4 rings (SSSR count). The molecule has 0 aliphatic rings. The molecule has 0 bridgehead atoms. The minimum absolute atomic E-state index is 0.249. The molecule has 2 aromatic carbocycles. The van der Waals surface area contributed by atoms with Gasteiger partial charge in [0.2, 0.25) is 0 Å². The van der Waals surface area contributed by atoms with Crippen molar-refractivity contribution in [1.29, 1.82) is 0 Å². The van der Waals surface area contributed by atoms with Crippen LogP contribution in [-0.4, -0.2) is 27.3 Å². The molecular formula is C24H21ClN4O2. The number of benzene rings is 2. The molecule has 0 spiro atoms. The molecular weight excluding hydrogens is 412 g/mol. The standard InChI is InChI=1S/C24H21ClN4O2/c1-2-31-20-11-9-19(10-12-20)27-24(30)22-14-21(18-6-4-3-5-7-18)28-29(22)16-17-8-13-23(25)26-15-17/h3-15H,2,16H2,1H3,(H,27,30). The van der Waals surface area contributed by atoms with Crippen LogP contribution < -0.4 is 10.1 Å². The third-order valence-electron chi connectivity index (χ3n) is 4.63. The van der Waals surface area contributed by atoms with Gasteiger partial charge in [-0.3, -0.25) is 9.48 Å². The molecule has 156 valence electrons. The minimum Gasteiger partial charge on any atom is -0.494 e. The number of nitrogens with one attached hydrogen (secondary N) is 1. The van der Waals surface area contributed by atoms with E-state index in [2.05, 4.69) is 15.4 Å². The van der Waals surface area contributed by atoms with E-state index in [1.165, 1.54) is 0 Å². The van der Waals surface area contributed by atoms with Gasteiger partial charge >= 0.3 is 0 Å². The predicted molar refractivity (Wildman–Crippen MR) is 122 cm³/mol. The number of ether oxygens (including phenoxy) is 1. The smallest absolute Gasteiger partial charge is 0.273 e. The van der Waals surface area contributed by atoms with E-state index in [4.69, 9.17) is 16.3 Å². The molecule has 0 saturated heterocycles. The number of amides is 1. The quantitative estimate of drug-likeness (QED) is 0.402. The normalized spacial score (nSPS) is 10.6. The van der Waals surface area contributed by atoms with E-state index < -0.39 is 0 Å². The SMILES string of the molecule is CCOc1ccc(NC(=O)c2cc(-c3ccccc3)nn2Cc2ccc(Cl)nc2)cc1. The van der Waals surface area contributed by atoms with Gasteiger partial charge in [0.1, 0.15) is 16.6 Å². The van der Waals surface area contributed by atoms with Crippen molar-refractivity contribution in [1.82, 2.24) is 14.8 Å². The number of rotatable bonds is 7. The summed E-state index contributed by atoms with van der Waals surface area (Å²) in [7, 11) is 0. The van der Waals surface area contributed by atoms with Crippen LogP contribution >= 0.6 is 11.6 Å². The van der Waals surface area contributed by atoms with Crippen LogP contribution in [0.15, 0.2) is 79.0 Å². The molecule has 7 heteroatoms. The van der Waals surface area contributed by atoms with E-state index >= 15 is 0 Å². The highest BCUT2D eigenvalue weighted by atomic mass is 35.5. The first-order valence-corrected chi connectivity index (χ1v) is 10.3. The van der Waals surface area contributed by atoms with Crippen molar-refractivity contribution >= 4 is 23.2 Å². The molecule has 0 unspecified atom stereocenters. The topological polar surface area (TPSA) is 69.0 Å². The summed E-state index contributed by atoms with van der Waals surface area (Å²) in [6.07, 6.45) is 1.68. The summed E-state index contributed by atoms with van der Waals surface area (Å²) in [5, 5.41) is 8.03.